The number of nitriles is 1. The van der Waals surface area contributed by atoms with Crippen LogP contribution >= 0.6 is 0 Å². The molecule has 0 spiro atoms. The van der Waals surface area contributed by atoms with E-state index >= 15 is 0 Å². The van der Waals surface area contributed by atoms with Gasteiger partial charge in [0.15, 0.2) is 0 Å². The molecule has 0 saturated heterocycles. The van der Waals surface area contributed by atoms with Crippen molar-refractivity contribution in [2.24, 2.45) is 0 Å². The number of carbonyl (C=O) groups excluding carboxylic acids is 1. The summed E-state index contributed by atoms with van der Waals surface area (Å²) in [7, 11) is 1.51. The van der Waals surface area contributed by atoms with Crippen molar-refractivity contribution in [2.75, 3.05) is 13.7 Å². The van der Waals surface area contributed by atoms with E-state index in [0.29, 0.717) is 23.5 Å². The summed E-state index contributed by atoms with van der Waals surface area (Å²) in [5, 5.41) is 9.21. The molecule has 0 radical (unpaired) electrons. The van der Waals surface area contributed by atoms with Crippen molar-refractivity contribution in [3.8, 4) is 11.8 Å². The van der Waals surface area contributed by atoms with Crippen molar-refractivity contribution in [3.63, 3.8) is 0 Å². The lowest BCUT2D eigenvalue weighted by Gasteiger charge is -2.12. The zero-order chi connectivity index (χ0) is 13.5. The van der Waals surface area contributed by atoms with Crippen LogP contribution in [0.1, 0.15) is 30.5 Å². The number of hydrogen-bond acceptors (Lipinski definition) is 4. The fraction of sp³-hybridized carbons (Fsp3) is 0.429. The minimum atomic E-state index is -0.322. The third-order valence-corrected chi connectivity index (χ3v) is 2.71. The number of methoxy groups -OCH3 is 1. The summed E-state index contributed by atoms with van der Waals surface area (Å²) < 4.78 is 10.1. The largest absolute Gasteiger partial charge is 0.495 e. The predicted molar refractivity (Wildman–Crippen MR) is 67.4 cm³/mol. The molecule has 0 aliphatic carbocycles. The first-order chi connectivity index (χ1) is 8.67. The van der Waals surface area contributed by atoms with Gasteiger partial charge in [0.25, 0.3) is 0 Å². The van der Waals surface area contributed by atoms with Crippen LogP contribution in [-0.2, 0) is 22.4 Å². The monoisotopic (exact) mass is 247 g/mol. The molecule has 0 aromatic heterocycles. The Labute approximate surface area is 107 Å². The van der Waals surface area contributed by atoms with Gasteiger partial charge in [0.05, 0.1) is 25.7 Å². The molecule has 0 saturated carbocycles. The van der Waals surface area contributed by atoms with Crippen molar-refractivity contribution < 1.29 is 14.3 Å². The van der Waals surface area contributed by atoms with Gasteiger partial charge in [0, 0.05) is 0 Å². The average molecular weight is 247 g/mol. The Morgan fingerprint density at radius 3 is 2.61 bits per heavy atom. The van der Waals surface area contributed by atoms with Gasteiger partial charge in [-0.05, 0) is 30.5 Å². The van der Waals surface area contributed by atoms with Crippen LogP contribution in [0.3, 0.4) is 0 Å². The van der Waals surface area contributed by atoms with Crippen LogP contribution in [0.5, 0.6) is 5.75 Å². The molecular formula is C14H17NO3. The average Bonchev–Trinajstić information content (AvgIpc) is 2.38. The Bertz CT molecular complexity index is 475. The molecule has 0 N–H and O–H groups in total. The van der Waals surface area contributed by atoms with Crippen molar-refractivity contribution in [2.45, 2.75) is 26.7 Å². The van der Waals surface area contributed by atoms with Crippen LogP contribution in [0, 0.1) is 11.3 Å². The number of nitrogens with zero attached hydrogens (tertiary/aromatic N) is 1. The van der Waals surface area contributed by atoms with Crippen LogP contribution in [0.15, 0.2) is 12.1 Å². The molecule has 96 valence electrons. The highest BCUT2D eigenvalue weighted by atomic mass is 16.5. The number of carbonyl (C=O) groups is 1. The zero-order valence-corrected chi connectivity index (χ0v) is 10.9. The number of ether oxygens (including phenoxy) is 2. The molecule has 1 aromatic carbocycles. The summed E-state index contributed by atoms with van der Waals surface area (Å²) in [4.78, 5) is 11.6. The number of rotatable bonds is 5. The molecule has 0 unspecified atom stereocenters. The molecule has 0 aliphatic rings. The molecule has 0 aliphatic heterocycles. The molecule has 4 heteroatoms. The summed E-state index contributed by atoms with van der Waals surface area (Å²) in [6.45, 7) is 4.08. The van der Waals surface area contributed by atoms with Gasteiger partial charge >= 0.3 is 5.97 Å². The minimum absolute atomic E-state index is 0.108. The first-order valence-corrected chi connectivity index (χ1v) is 5.92. The van der Waals surface area contributed by atoms with Crippen LogP contribution in [0.25, 0.3) is 0 Å². The first kappa shape index (κ1) is 14.0. The molecule has 1 rings (SSSR count). The van der Waals surface area contributed by atoms with Gasteiger partial charge in [-0.1, -0.05) is 13.0 Å². The fourth-order valence-electron chi connectivity index (χ4n) is 1.85. The summed E-state index contributed by atoms with van der Waals surface area (Å²) >= 11 is 0. The molecule has 0 bridgehead atoms. The maximum atomic E-state index is 11.6. The van der Waals surface area contributed by atoms with Crippen molar-refractivity contribution in [1.82, 2.24) is 0 Å². The van der Waals surface area contributed by atoms with Gasteiger partial charge in [-0.2, -0.15) is 5.26 Å². The van der Waals surface area contributed by atoms with Gasteiger partial charge in [-0.3, -0.25) is 4.79 Å². The number of aryl methyl sites for hydroxylation is 1. The molecule has 0 atom stereocenters. The molecule has 0 fully saturated rings. The second kappa shape index (κ2) is 6.65. The SMILES string of the molecule is CCOC(=O)Cc1c(CC)ccc(OC)c1C#N. The van der Waals surface area contributed by atoms with E-state index in [1.165, 1.54) is 7.11 Å². The summed E-state index contributed by atoms with van der Waals surface area (Å²) in [6, 6.07) is 5.74. The van der Waals surface area contributed by atoms with E-state index in [1.54, 1.807) is 13.0 Å². The Morgan fingerprint density at radius 2 is 2.11 bits per heavy atom. The molecule has 18 heavy (non-hydrogen) atoms. The highest BCUT2D eigenvalue weighted by molar-refractivity contribution is 5.75. The van der Waals surface area contributed by atoms with E-state index in [1.807, 2.05) is 13.0 Å². The zero-order valence-electron chi connectivity index (χ0n) is 10.9. The third kappa shape index (κ3) is 3.01. The highest BCUT2D eigenvalue weighted by Crippen LogP contribution is 2.26. The molecule has 1 aromatic rings. The van der Waals surface area contributed by atoms with E-state index < -0.39 is 0 Å². The number of benzene rings is 1. The van der Waals surface area contributed by atoms with Crippen molar-refractivity contribution >= 4 is 5.97 Å². The topological polar surface area (TPSA) is 59.3 Å². The van der Waals surface area contributed by atoms with Crippen molar-refractivity contribution in [3.05, 3.63) is 28.8 Å². The summed E-state index contributed by atoms with van der Waals surface area (Å²) in [5.74, 6) is 0.172. The van der Waals surface area contributed by atoms with Crippen LogP contribution < -0.4 is 4.74 Å². The van der Waals surface area contributed by atoms with Gasteiger partial charge in [0.1, 0.15) is 11.8 Å². The lowest BCUT2D eigenvalue weighted by atomic mass is 9.96. The predicted octanol–water partition coefficient (Wildman–Crippen LogP) is 2.23. The summed E-state index contributed by atoms with van der Waals surface area (Å²) in [5.41, 5.74) is 2.10. The summed E-state index contributed by atoms with van der Waals surface area (Å²) in [6.07, 6.45) is 0.866. The lowest BCUT2D eigenvalue weighted by molar-refractivity contribution is -0.142. The Hall–Kier alpha value is -2.02. The Balaban J connectivity index is 3.20. The fourth-order valence-corrected chi connectivity index (χ4v) is 1.85. The molecule has 0 amide bonds. The number of hydrogen-bond donors (Lipinski definition) is 0. The smallest absolute Gasteiger partial charge is 0.310 e. The minimum Gasteiger partial charge on any atom is -0.495 e. The van der Waals surface area contributed by atoms with Crippen LogP contribution in [-0.4, -0.2) is 19.7 Å². The maximum Gasteiger partial charge on any atom is 0.310 e. The third-order valence-electron chi connectivity index (χ3n) is 2.71. The highest BCUT2D eigenvalue weighted by Gasteiger charge is 2.16. The number of esters is 1. The van der Waals surface area contributed by atoms with Gasteiger partial charge in [-0.25, -0.2) is 0 Å². The van der Waals surface area contributed by atoms with Gasteiger partial charge < -0.3 is 9.47 Å². The van der Waals surface area contributed by atoms with Gasteiger partial charge in [-0.15, -0.1) is 0 Å². The molecule has 4 nitrogen and oxygen atoms in total. The van der Waals surface area contributed by atoms with E-state index in [9.17, 15) is 10.1 Å². The molecular weight excluding hydrogens is 230 g/mol. The van der Waals surface area contributed by atoms with Crippen molar-refractivity contribution in [1.29, 1.82) is 5.26 Å². The maximum absolute atomic E-state index is 11.6. The normalized spacial score (nSPS) is 9.67. The van der Waals surface area contributed by atoms with E-state index in [0.717, 1.165) is 12.0 Å². The van der Waals surface area contributed by atoms with E-state index in [2.05, 4.69) is 6.07 Å². The van der Waals surface area contributed by atoms with E-state index in [-0.39, 0.29) is 12.4 Å². The Morgan fingerprint density at radius 1 is 1.39 bits per heavy atom. The van der Waals surface area contributed by atoms with Crippen LogP contribution in [0.2, 0.25) is 0 Å². The van der Waals surface area contributed by atoms with Gasteiger partial charge in [0.2, 0.25) is 0 Å². The standard InChI is InChI=1S/C14H17NO3/c1-4-10-6-7-13(17-3)12(9-15)11(10)8-14(16)18-5-2/h6-7H,4-5,8H2,1-3H3. The second-order valence-electron chi connectivity index (χ2n) is 3.73. The van der Waals surface area contributed by atoms with E-state index in [4.69, 9.17) is 9.47 Å². The quantitative estimate of drug-likeness (QED) is 0.749. The Kier molecular flexibility index (Phi) is 5.19. The molecule has 0 heterocycles. The lowest BCUT2D eigenvalue weighted by Crippen LogP contribution is -2.11. The second-order valence-corrected chi connectivity index (χ2v) is 3.73. The van der Waals surface area contributed by atoms with Crippen LogP contribution in [0.4, 0.5) is 0 Å². The first-order valence-electron chi connectivity index (χ1n) is 5.92.